The van der Waals surface area contributed by atoms with E-state index in [0.29, 0.717) is 6.61 Å². The van der Waals surface area contributed by atoms with E-state index in [1.165, 1.54) is 5.56 Å². The van der Waals surface area contributed by atoms with Gasteiger partial charge in [0.05, 0.1) is 6.61 Å². The Bertz CT molecular complexity index is 281. The summed E-state index contributed by atoms with van der Waals surface area (Å²) in [6.07, 6.45) is 0. The number of benzene rings is 1. The Kier molecular flexibility index (Phi) is 2.86. The fraction of sp³-hybridized carbons (Fsp3) is 0.300. The largest absolute Gasteiger partial charge is 0.492 e. The first-order valence-corrected chi connectivity index (χ1v) is 3.98. The predicted octanol–water partition coefficient (Wildman–Crippen LogP) is 2.73. The van der Waals surface area contributed by atoms with Crippen molar-refractivity contribution in [3.05, 3.63) is 23.8 Å². The highest BCUT2D eigenvalue weighted by Gasteiger charge is 1.99. The van der Waals surface area contributed by atoms with Crippen LogP contribution in [0.2, 0.25) is 0 Å². The standard InChI is InChI=1S/C10H13NO/c1-4-12-10-7-8(2)5-6-9(10)11-3/h5-7H,3-4H2,1-2H3. The highest BCUT2D eigenvalue weighted by Crippen LogP contribution is 2.27. The molecule has 0 heterocycles. The first-order valence-electron chi connectivity index (χ1n) is 3.98. The van der Waals surface area contributed by atoms with Crippen molar-refractivity contribution in [2.75, 3.05) is 6.61 Å². The molecule has 0 atom stereocenters. The Morgan fingerprint density at radius 1 is 1.50 bits per heavy atom. The molecule has 12 heavy (non-hydrogen) atoms. The van der Waals surface area contributed by atoms with Crippen LogP contribution >= 0.6 is 0 Å². The van der Waals surface area contributed by atoms with Gasteiger partial charge in [-0.1, -0.05) is 6.07 Å². The third-order valence-corrected chi connectivity index (χ3v) is 1.59. The van der Waals surface area contributed by atoms with Crippen LogP contribution in [-0.2, 0) is 0 Å². The summed E-state index contributed by atoms with van der Waals surface area (Å²) in [7, 11) is 0. The minimum absolute atomic E-state index is 0.659. The molecule has 0 radical (unpaired) electrons. The summed E-state index contributed by atoms with van der Waals surface area (Å²) in [4.78, 5) is 3.86. The Hall–Kier alpha value is -1.31. The highest BCUT2D eigenvalue weighted by atomic mass is 16.5. The fourth-order valence-corrected chi connectivity index (χ4v) is 1.02. The van der Waals surface area contributed by atoms with E-state index in [1.807, 2.05) is 32.0 Å². The summed E-state index contributed by atoms with van der Waals surface area (Å²) in [5, 5.41) is 0. The Morgan fingerprint density at radius 3 is 2.83 bits per heavy atom. The van der Waals surface area contributed by atoms with Gasteiger partial charge >= 0.3 is 0 Å². The van der Waals surface area contributed by atoms with E-state index in [4.69, 9.17) is 4.74 Å². The second-order valence-electron chi connectivity index (χ2n) is 2.56. The molecule has 0 saturated heterocycles. The lowest BCUT2D eigenvalue weighted by Crippen LogP contribution is -1.91. The molecule has 0 N–H and O–H groups in total. The number of rotatable bonds is 3. The van der Waals surface area contributed by atoms with Gasteiger partial charge in [0.1, 0.15) is 11.4 Å². The predicted molar refractivity (Wildman–Crippen MR) is 51.6 cm³/mol. The van der Waals surface area contributed by atoms with E-state index in [2.05, 4.69) is 11.7 Å². The van der Waals surface area contributed by atoms with E-state index in [0.717, 1.165) is 11.4 Å². The molecule has 0 aliphatic heterocycles. The van der Waals surface area contributed by atoms with Crippen molar-refractivity contribution in [3.8, 4) is 5.75 Å². The average Bonchev–Trinajstić information content (AvgIpc) is 2.05. The van der Waals surface area contributed by atoms with Crippen LogP contribution in [0.3, 0.4) is 0 Å². The van der Waals surface area contributed by atoms with E-state index < -0.39 is 0 Å². The maximum atomic E-state index is 5.37. The van der Waals surface area contributed by atoms with E-state index in [9.17, 15) is 0 Å². The lowest BCUT2D eigenvalue weighted by molar-refractivity contribution is 0.341. The number of nitrogens with zero attached hydrogens (tertiary/aromatic N) is 1. The first kappa shape index (κ1) is 8.78. The molecule has 0 spiro atoms. The van der Waals surface area contributed by atoms with Crippen molar-refractivity contribution in [1.29, 1.82) is 0 Å². The van der Waals surface area contributed by atoms with E-state index in [1.54, 1.807) is 0 Å². The Balaban J connectivity index is 3.03. The molecule has 0 aliphatic rings. The van der Waals surface area contributed by atoms with Crippen molar-refractivity contribution in [2.24, 2.45) is 4.99 Å². The van der Waals surface area contributed by atoms with Gasteiger partial charge in [0.2, 0.25) is 0 Å². The van der Waals surface area contributed by atoms with Crippen LogP contribution in [0.4, 0.5) is 5.69 Å². The Morgan fingerprint density at radius 2 is 2.25 bits per heavy atom. The molecular weight excluding hydrogens is 150 g/mol. The summed E-state index contributed by atoms with van der Waals surface area (Å²) >= 11 is 0. The Labute approximate surface area is 72.9 Å². The van der Waals surface area contributed by atoms with Crippen LogP contribution < -0.4 is 4.74 Å². The molecule has 64 valence electrons. The molecule has 0 aliphatic carbocycles. The minimum Gasteiger partial charge on any atom is -0.492 e. The number of hydrogen-bond donors (Lipinski definition) is 0. The molecule has 0 saturated carbocycles. The summed E-state index contributed by atoms with van der Waals surface area (Å²) in [6, 6.07) is 5.87. The van der Waals surface area contributed by atoms with Crippen molar-refractivity contribution in [1.82, 2.24) is 0 Å². The fourth-order valence-electron chi connectivity index (χ4n) is 1.02. The van der Waals surface area contributed by atoms with Crippen molar-refractivity contribution in [2.45, 2.75) is 13.8 Å². The number of aliphatic imine (C=N–C) groups is 1. The summed E-state index contributed by atoms with van der Waals surface area (Å²) in [5.74, 6) is 0.813. The molecule has 0 aromatic heterocycles. The smallest absolute Gasteiger partial charge is 0.145 e. The van der Waals surface area contributed by atoms with Gasteiger partial charge in [0, 0.05) is 0 Å². The van der Waals surface area contributed by atoms with Crippen molar-refractivity contribution in [3.63, 3.8) is 0 Å². The highest BCUT2D eigenvalue weighted by molar-refractivity contribution is 5.57. The van der Waals surface area contributed by atoms with Gasteiger partial charge in [-0.05, 0) is 38.3 Å². The SMILES string of the molecule is C=Nc1ccc(C)cc1OCC. The van der Waals surface area contributed by atoms with Gasteiger partial charge in [0.15, 0.2) is 0 Å². The number of hydrogen-bond acceptors (Lipinski definition) is 2. The molecule has 1 rings (SSSR count). The second-order valence-corrected chi connectivity index (χ2v) is 2.56. The number of ether oxygens (including phenoxy) is 1. The van der Waals surface area contributed by atoms with Gasteiger partial charge in [-0.15, -0.1) is 0 Å². The van der Waals surface area contributed by atoms with E-state index in [-0.39, 0.29) is 0 Å². The summed E-state index contributed by atoms with van der Waals surface area (Å²) in [5.41, 5.74) is 1.98. The first-order chi connectivity index (χ1) is 5.77. The molecular formula is C10H13NO. The van der Waals surface area contributed by atoms with Crippen molar-refractivity contribution >= 4 is 12.4 Å². The van der Waals surface area contributed by atoms with Gasteiger partial charge < -0.3 is 4.74 Å². The van der Waals surface area contributed by atoms with Crippen molar-refractivity contribution < 1.29 is 4.74 Å². The molecule has 0 fully saturated rings. The quantitative estimate of drug-likeness (QED) is 0.628. The van der Waals surface area contributed by atoms with Crippen LogP contribution in [0.1, 0.15) is 12.5 Å². The third-order valence-electron chi connectivity index (χ3n) is 1.59. The van der Waals surface area contributed by atoms with Gasteiger partial charge in [-0.25, -0.2) is 0 Å². The lowest BCUT2D eigenvalue weighted by atomic mass is 10.2. The minimum atomic E-state index is 0.659. The zero-order chi connectivity index (χ0) is 8.97. The molecule has 1 aromatic rings. The van der Waals surface area contributed by atoms with Crippen LogP contribution in [0.15, 0.2) is 23.2 Å². The van der Waals surface area contributed by atoms with E-state index >= 15 is 0 Å². The topological polar surface area (TPSA) is 21.6 Å². The van der Waals surface area contributed by atoms with Crippen LogP contribution in [0.25, 0.3) is 0 Å². The average molecular weight is 163 g/mol. The zero-order valence-corrected chi connectivity index (χ0v) is 7.50. The molecule has 0 amide bonds. The van der Waals surface area contributed by atoms with Gasteiger partial charge in [-0.3, -0.25) is 4.99 Å². The summed E-state index contributed by atoms with van der Waals surface area (Å²) < 4.78 is 5.37. The molecule has 1 aromatic carbocycles. The molecule has 2 nitrogen and oxygen atoms in total. The van der Waals surface area contributed by atoms with Crippen LogP contribution in [0, 0.1) is 6.92 Å². The summed E-state index contributed by atoms with van der Waals surface area (Å²) in [6.45, 7) is 8.11. The zero-order valence-electron chi connectivity index (χ0n) is 7.50. The maximum Gasteiger partial charge on any atom is 0.145 e. The lowest BCUT2D eigenvalue weighted by Gasteiger charge is -2.06. The normalized spacial score (nSPS) is 9.50. The van der Waals surface area contributed by atoms with Crippen LogP contribution in [0.5, 0.6) is 5.75 Å². The third kappa shape index (κ3) is 1.84. The monoisotopic (exact) mass is 163 g/mol. The number of aryl methyl sites for hydroxylation is 1. The van der Waals surface area contributed by atoms with Gasteiger partial charge in [-0.2, -0.15) is 0 Å². The molecule has 0 unspecified atom stereocenters. The maximum absolute atomic E-state index is 5.37. The second kappa shape index (κ2) is 3.90. The van der Waals surface area contributed by atoms with Crippen LogP contribution in [-0.4, -0.2) is 13.3 Å². The molecule has 0 bridgehead atoms. The molecule has 2 heteroatoms. The van der Waals surface area contributed by atoms with Gasteiger partial charge in [0.25, 0.3) is 0 Å².